The van der Waals surface area contributed by atoms with E-state index in [2.05, 4.69) is 43.1 Å². The van der Waals surface area contributed by atoms with Gasteiger partial charge in [0.1, 0.15) is 12.4 Å². The normalized spacial score (nSPS) is 25.6. The molecule has 0 aliphatic carbocycles. The molecular weight excluding hydrogens is 276 g/mol. The van der Waals surface area contributed by atoms with Crippen molar-refractivity contribution in [1.29, 1.82) is 0 Å². The lowest BCUT2D eigenvalue weighted by atomic mass is 9.96. The van der Waals surface area contributed by atoms with Gasteiger partial charge in [0.15, 0.2) is 0 Å². The van der Waals surface area contributed by atoms with Crippen molar-refractivity contribution in [3.63, 3.8) is 0 Å². The summed E-state index contributed by atoms with van der Waals surface area (Å²) in [6.07, 6.45) is 1.31. The van der Waals surface area contributed by atoms with Gasteiger partial charge in [-0.05, 0) is 49.9 Å². The Bertz CT molecular complexity index is 532. The van der Waals surface area contributed by atoms with Crippen LogP contribution in [0.2, 0.25) is 0 Å². The third-order valence-electron chi connectivity index (χ3n) is 5.37. The molecule has 2 bridgehead atoms. The standard InChI is InChI=1S/C18H28N2O2/c1-12-13(2)18(22-8-7-21-4)6-5-17(12)14(3)20-11-15-9-16(20)10-19-15/h5-6,14-16,19H,7-11H2,1-4H3/t14-,15+,16+/m0/s1. The summed E-state index contributed by atoms with van der Waals surface area (Å²) in [5.74, 6) is 0.982. The van der Waals surface area contributed by atoms with Gasteiger partial charge in [0.25, 0.3) is 0 Å². The Morgan fingerprint density at radius 3 is 2.73 bits per heavy atom. The molecule has 0 unspecified atom stereocenters. The van der Waals surface area contributed by atoms with Gasteiger partial charge in [0, 0.05) is 38.3 Å². The molecule has 122 valence electrons. The smallest absolute Gasteiger partial charge is 0.122 e. The van der Waals surface area contributed by atoms with Crippen LogP contribution in [0.3, 0.4) is 0 Å². The molecule has 22 heavy (non-hydrogen) atoms. The molecule has 4 nitrogen and oxygen atoms in total. The minimum absolute atomic E-state index is 0.476. The summed E-state index contributed by atoms with van der Waals surface area (Å²) < 4.78 is 10.9. The predicted molar refractivity (Wildman–Crippen MR) is 88.6 cm³/mol. The van der Waals surface area contributed by atoms with E-state index in [0.29, 0.717) is 31.3 Å². The number of nitrogens with one attached hydrogen (secondary N) is 1. The van der Waals surface area contributed by atoms with Gasteiger partial charge < -0.3 is 14.8 Å². The molecular formula is C18H28N2O2. The van der Waals surface area contributed by atoms with E-state index >= 15 is 0 Å². The summed E-state index contributed by atoms with van der Waals surface area (Å²) in [6.45, 7) is 10.3. The molecule has 0 radical (unpaired) electrons. The fourth-order valence-corrected chi connectivity index (χ4v) is 3.91. The molecule has 2 aliphatic rings. The molecule has 0 aromatic heterocycles. The van der Waals surface area contributed by atoms with Crippen LogP contribution >= 0.6 is 0 Å². The van der Waals surface area contributed by atoms with Crippen LogP contribution in [0.1, 0.15) is 36.1 Å². The number of hydrogen-bond acceptors (Lipinski definition) is 4. The van der Waals surface area contributed by atoms with Crippen molar-refractivity contribution >= 4 is 0 Å². The van der Waals surface area contributed by atoms with Gasteiger partial charge in [-0.25, -0.2) is 0 Å². The number of ether oxygens (including phenoxy) is 2. The topological polar surface area (TPSA) is 33.7 Å². The van der Waals surface area contributed by atoms with Gasteiger partial charge in [-0.15, -0.1) is 0 Å². The summed E-state index contributed by atoms with van der Waals surface area (Å²) >= 11 is 0. The van der Waals surface area contributed by atoms with Crippen LogP contribution in [0.15, 0.2) is 12.1 Å². The molecule has 0 spiro atoms. The maximum atomic E-state index is 5.82. The van der Waals surface area contributed by atoms with Crippen molar-refractivity contribution < 1.29 is 9.47 Å². The number of fused-ring (bicyclic) bond motifs is 2. The molecule has 3 rings (SSSR count). The second-order valence-corrected chi connectivity index (χ2v) is 6.61. The zero-order valence-corrected chi connectivity index (χ0v) is 14.2. The minimum atomic E-state index is 0.476. The highest BCUT2D eigenvalue weighted by molar-refractivity contribution is 5.45. The molecule has 1 N–H and O–H groups in total. The van der Waals surface area contributed by atoms with Gasteiger partial charge in [-0.3, -0.25) is 4.90 Å². The Balaban J connectivity index is 1.75. The van der Waals surface area contributed by atoms with Gasteiger partial charge in [-0.1, -0.05) is 6.07 Å². The van der Waals surface area contributed by atoms with Crippen molar-refractivity contribution in [2.45, 2.75) is 45.3 Å². The van der Waals surface area contributed by atoms with Crippen molar-refractivity contribution in [2.75, 3.05) is 33.4 Å². The molecule has 2 heterocycles. The Kier molecular flexibility index (Phi) is 4.71. The van der Waals surface area contributed by atoms with Crippen LogP contribution < -0.4 is 10.1 Å². The maximum Gasteiger partial charge on any atom is 0.122 e. The first kappa shape index (κ1) is 15.8. The lowest BCUT2D eigenvalue weighted by Crippen LogP contribution is -2.44. The number of hydrogen-bond donors (Lipinski definition) is 1. The molecule has 4 heteroatoms. The second-order valence-electron chi connectivity index (χ2n) is 6.61. The van der Waals surface area contributed by atoms with Crippen molar-refractivity contribution in [2.24, 2.45) is 0 Å². The number of rotatable bonds is 6. The van der Waals surface area contributed by atoms with Crippen LogP contribution in [-0.2, 0) is 4.74 Å². The lowest BCUT2D eigenvalue weighted by molar-refractivity contribution is 0.145. The van der Waals surface area contributed by atoms with Crippen LogP contribution in [0, 0.1) is 13.8 Å². The first-order valence-corrected chi connectivity index (χ1v) is 8.32. The molecule has 3 atom stereocenters. The minimum Gasteiger partial charge on any atom is -0.491 e. The molecule has 1 aromatic rings. The molecule has 2 saturated heterocycles. The summed E-state index contributed by atoms with van der Waals surface area (Å²) in [6, 6.07) is 6.25. The van der Waals surface area contributed by atoms with E-state index in [1.807, 2.05) is 0 Å². The third-order valence-corrected chi connectivity index (χ3v) is 5.37. The third kappa shape index (κ3) is 2.87. The number of likely N-dealkylation sites (tertiary alicyclic amines) is 1. The zero-order valence-electron chi connectivity index (χ0n) is 14.2. The van der Waals surface area contributed by atoms with Crippen LogP contribution in [0.4, 0.5) is 0 Å². The molecule has 0 amide bonds. The van der Waals surface area contributed by atoms with Gasteiger partial charge in [0.2, 0.25) is 0 Å². The van der Waals surface area contributed by atoms with Crippen LogP contribution in [0.5, 0.6) is 5.75 Å². The fourth-order valence-electron chi connectivity index (χ4n) is 3.91. The Hall–Kier alpha value is -1.10. The van der Waals surface area contributed by atoms with Gasteiger partial charge in [0.05, 0.1) is 6.61 Å². The molecule has 2 aliphatic heterocycles. The average Bonchev–Trinajstić information content (AvgIpc) is 3.14. The quantitative estimate of drug-likeness (QED) is 0.819. The van der Waals surface area contributed by atoms with E-state index in [0.717, 1.165) is 12.3 Å². The Morgan fingerprint density at radius 1 is 1.27 bits per heavy atom. The predicted octanol–water partition coefficient (Wildman–Crippen LogP) is 2.44. The highest BCUT2D eigenvalue weighted by Gasteiger charge is 2.40. The SMILES string of the molecule is COCCOc1ccc([C@H](C)N2C[C@H]3C[C@@H]2CN3)c(C)c1C. The highest BCUT2D eigenvalue weighted by Crippen LogP contribution is 2.36. The van der Waals surface area contributed by atoms with Crippen molar-refractivity contribution in [3.05, 3.63) is 28.8 Å². The first-order valence-electron chi connectivity index (χ1n) is 8.32. The average molecular weight is 304 g/mol. The van der Waals surface area contributed by atoms with Gasteiger partial charge >= 0.3 is 0 Å². The lowest BCUT2D eigenvalue weighted by Gasteiger charge is -2.34. The van der Waals surface area contributed by atoms with Crippen molar-refractivity contribution in [1.82, 2.24) is 10.2 Å². The van der Waals surface area contributed by atoms with E-state index in [1.165, 1.54) is 29.7 Å². The molecule has 2 fully saturated rings. The van der Waals surface area contributed by atoms with E-state index < -0.39 is 0 Å². The summed E-state index contributed by atoms with van der Waals surface area (Å²) in [5, 5.41) is 3.58. The van der Waals surface area contributed by atoms with Gasteiger partial charge in [-0.2, -0.15) is 0 Å². The Morgan fingerprint density at radius 2 is 2.09 bits per heavy atom. The van der Waals surface area contributed by atoms with E-state index in [9.17, 15) is 0 Å². The maximum absolute atomic E-state index is 5.82. The second kappa shape index (κ2) is 6.57. The monoisotopic (exact) mass is 304 g/mol. The van der Waals surface area contributed by atoms with Crippen LogP contribution in [-0.4, -0.2) is 50.4 Å². The molecule has 1 aromatic carbocycles. The molecule has 0 saturated carbocycles. The summed E-state index contributed by atoms with van der Waals surface area (Å²) in [7, 11) is 1.70. The first-order chi connectivity index (χ1) is 10.6. The van der Waals surface area contributed by atoms with E-state index in [-0.39, 0.29) is 0 Å². The van der Waals surface area contributed by atoms with Crippen molar-refractivity contribution in [3.8, 4) is 5.75 Å². The Labute approximate surface area is 133 Å². The summed E-state index contributed by atoms with van der Waals surface area (Å²) in [4.78, 5) is 2.66. The van der Waals surface area contributed by atoms with Crippen LogP contribution in [0.25, 0.3) is 0 Å². The number of piperazine rings is 1. The highest BCUT2D eigenvalue weighted by atomic mass is 16.5. The zero-order chi connectivity index (χ0) is 15.7. The number of benzene rings is 1. The van der Waals surface area contributed by atoms with E-state index in [1.54, 1.807) is 7.11 Å². The van der Waals surface area contributed by atoms with E-state index in [4.69, 9.17) is 9.47 Å². The summed E-state index contributed by atoms with van der Waals surface area (Å²) in [5.41, 5.74) is 4.05. The largest absolute Gasteiger partial charge is 0.491 e. The number of methoxy groups -OCH3 is 1. The number of nitrogens with zero attached hydrogens (tertiary/aromatic N) is 1. The fraction of sp³-hybridized carbons (Fsp3) is 0.667.